The van der Waals surface area contributed by atoms with Gasteiger partial charge in [-0.1, -0.05) is 19.3 Å². The van der Waals surface area contributed by atoms with Crippen LogP contribution in [0.5, 0.6) is 0 Å². The lowest BCUT2D eigenvalue weighted by Crippen LogP contribution is -2.44. The van der Waals surface area contributed by atoms with E-state index >= 15 is 0 Å². The minimum atomic E-state index is -0.247. The lowest BCUT2D eigenvalue weighted by atomic mass is 10.0. The van der Waals surface area contributed by atoms with Gasteiger partial charge in [0.25, 0.3) is 0 Å². The lowest BCUT2D eigenvalue weighted by molar-refractivity contribution is -0.123. The summed E-state index contributed by atoms with van der Waals surface area (Å²) in [6.07, 6.45) is 9.33. The third-order valence-corrected chi connectivity index (χ3v) is 4.30. The zero-order valence-corrected chi connectivity index (χ0v) is 10.3. The summed E-state index contributed by atoms with van der Waals surface area (Å²) < 4.78 is -0.247. The van der Waals surface area contributed by atoms with Crippen LogP contribution < -0.4 is 5.32 Å². The zero-order valence-electron chi connectivity index (χ0n) is 9.51. The SMILES string of the molecule is C#CC(CCC)NC(=O)C1(C)CCCS1. The van der Waals surface area contributed by atoms with E-state index in [0.717, 1.165) is 31.4 Å². The van der Waals surface area contributed by atoms with Gasteiger partial charge in [-0.15, -0.1) is 18.2 Å². The highest BCUT2D eigenvalue weighted by Gasteiger charge is 2.37. The second kappa shape index (κ2) is 5.46. The van der Waals surface area contributed by atoms with Gasteiger partial charge in [-0.3, -0.25) is 4.79 Å². The number of thioether (sulfide) groups is 1. The molecule has 0 radical (unpaired) electrons. The minimum absolute atomic E-state index is 0.0967. The molecule has 2 nitrogen and oxygen atoms in total. The largest absolute Gasteiger partial charge is 0.341 e. The van der Waals surface area contributed by atoms with Crippen molar-refractivity contribution in [1.29, 1.82) is 0 Å². The molecule has 1 aliphatic rings. The Morgan fingerprint density at radius 1 is 1.73 bits per heavy atom. The van der Waals surface area contributed by atoms with Crippen molar-refractivity contribution in [2.75, 3.05) is 5.75 Å². The van der Waals surface area contributed by atoms with Crippen molar-refractivity contribution >= 4 is 17.7 Å². The molecule has 0 saturated carbocycles. The number of hydrogen-bond acceptors (Lipinski definition) is 2. The van der Waals surface area contributed by atoms with E-state index in [2.05, 4.69) is 18.2 Å². The number of terminal acetylenes is 1. The first-order valence-electron chi connectivity index (χ1n) is 5.53. The maximum atomic E-state index is 12.0. The van der Waals surface area contributed by atoms with E-state index in [1.807, 2.05) is 6.92 Å². The van der Waals surface area contributed by atoms with E-state index < -0.39 is 0 Å². The molecule has 1 aliphatic heterocycles. The Bertz CT molecular complexity index is 263. The molecule has 2 unspecified atom stereocenters. The van der Waals surface area contributed by atoms with Gasteiger partial charge in [0.2, 0.25) is 5.91 Å². The van der Waals surface area contributed by atoms with Crippen molar-refractivity contribution in [1.82, 2.24) is 5.32 Å². The summed E-state index contributed by atoms with van der Waals surface area (Å²) in [5.41, 5.74) is 0. The predicted octanol–water partition coefficient (Wildman–Crippen LogP) is 2.19. The average Bonchev–Trinajstić information content (AvgIpc) is 2.65. The molecule has 0 aromatic heterocycles. The monoisotopic (exact) mass is 225 g/mol. The van der Waals surface area contributed by atoms with Gasteiger partial charge < -0.3 is 5.32 Å². The summed E-state index contributed by atoms with van der Waals surface area (Å²) in [6, 6.07) is -0.0967. The fourth-order valence-corrected chi connectivity index (χ4v) is 2.97. The maximum absolute atomic E-state index is 12.0. The third kappa shape index (κ3) is 3.17. The van der Waals surface area contributed by atoms with Crippen molar-refractivity contribution in [2.45, 2.75) is 50.3 Å². The molecule has 0 bridgehead atoms. The summed E-state index contributed by atoms with van der Waals surface area (Å²) in [5.74, 6) is 3.83. The molecule has 1 heterocycles. The highest BCUT2D eigenvalue weighted by Crippen LogP contribution is 2.37. The first-order valence-corrected chi connectivity index (χ1v) is 6.52. The zero-order chi connectivity index (χ0) is 11.3. The van der Waals surface area contributed by atoms with Gasteiger partial charge in [-0.25, -0.2) is 0 Å². The van der Waals surface area contributed by atoms with E-state index in [0.29, 0.717) is 0 Å². The molecule has 1 amide bonds. The molecule has 84 valence electrons. The van der Waals surface area contributed by atoms with Crippen LogP contribution in [0.25, 0.3) is 0 Å². The van der Waals surface area contributed by atoms with Gasteiger partial charge in [0, 0.05) is 0 Å². The van der Waals surface area contributed by atoms with Crippen molar-refractivity contribution in [3.63, 3.8) is 0 Å². The lowest BCUT2D eigenvalue weighted by Gasteiger charge is -2.23. The molecule has 15 heavy (non-hydrogen) atoms. The standard InChI is InChI=1S/C12H19NOS/c1-4-7-10(5-2)13-11(14)12(3)8-6-9-15-12/h2,10H,4,6-9H2,1,3H3,(H,13,14). The third-order valence-electron chi connectivity index (χ3n) is 2.78. The molecule has 0 spiro atoms. The molecule has 0 aromatic rings. The van der Waals surface area contributed by atoms with Crippen LogP contribution in [0.15, 0.2) is 0 Å². The molecule has 2 atom stereocenters. The molecule has 0 aliphatic carbocycles. The van der Waals surface area contributed by atoms with E-state index in [-0.39, 0.29) is 16.7 Å². The molecule has 1 rings (SSSR count). The Morgan fingerprint density at radius 3 is 2.93 bits per heavy atom. The Hall–Kier alpha value is -0.620. The number of carbonyl (C=O) groups is 1. The molecule has 1 N–H and O–H groups in total. The maximum Gasteiger partial charge on any atom is 0.236 e. The summed E-state index contributed by atoms with van der Waals surface area (Å²) in [4.78, 5) is 12.0. The van der Waals surface area contributed by atoms with Gasteiger partial charge in [-0.05, 0) is 31.9 Å². The van der Waals surface area contributed by atoms with Crippen LogP contribution in [0.3, 0.4) is 0 Å². The van der Waals surface area contributed by atoms with Gasteiger partial charge in [0.15, 0.2) is 0 Å². The number of hydrogen-bond donors (Lipinski definition) is 1. The number of amides is 1. The number of carbonyl (C=O) groups excluding carboxylic acids is 1. The van der Waals surface area contributed by atoms with Crippen LogP contribution in [0.4, 0.5) is 0 Å². The fourth-order valence-electron chi connectivity index (χ4n) is 1.75. The normalized spacial score (nSPS) is 27.0. The van der Waals surface area contributed by atoms with Gasteiger partial charge in [0.05, 0.1) is 10.8 Å². The van der Waals surface area contributed by atoms with Gasteiger partial charge in [0.1, 0.15) is 0 Å². The minimum Gasteiger partial charge on any atom is -0.341 e. The summed E-state index contributed by atoms with van der Waals surface area (Å²) in [7, 11) is 0. The van der Waals surface area contributed by atoms with Gasteiger partial charge >= 0.3 is 0 Å². The number of nitrogens with one attached hydrogen (secondary N) is 1. The average molecular weight is 225 g/mol. The van der Waals surface area contributed by atoms with Crippen LogP contribution >= 0.6 is 11.8 Å². The van der Waals surface area contributed by atoms with Crippen molar-refractivity contribution in [3.8, 4) is 12.3 Å². The first kappa shape index (κ1) is 12.4. The van der Waals surface area contributed by atoms with Crippen LogP contribution in [0, 0.1) is 12.3 Å². The van der Waals surface area contributed by atoms with E-state index in [9.17, 15) is 4.79 Å². The molecule has 0 aromatic carbocycles. The van der Waals surface area contributed by atoms with Crippen LogP contribution in [0.1, 0.15) is 39.5 Å². The summed E-state index contributed by atoms with van der Waals surface area (Å²) in [6.45, 7) is 4.09. The molecule has 1 saturated heterocycles. The smallest absolute Gasteiger partial charge is 0.236 e. The quantitative estimate of drug-likeness (QED) is 0.743. The fraction of sp³-hybridized carbons (Fsp3) is 0.750. The van der Waals surface area contributed by atoms with Crippen molar-refractivity contribution < 1.29 is 4.79 Å². The van der Waals surface area contributed by atoms with Gasteiger partial charge in [-0.2, -0.15) is 0 Å². The molecule has 1 fully saturated rings. The molecular weight excluding hydrogens is 206 g/mol. The molecule has 3 heteroatoms. The molecular formula is C12H19NOS. The summed E-state index contributed by atoms with van der Waals surface area (Å²) >= 11 is 1.74. The first-order chi connectivity index (χ1) is 7.12. The second-order valence-electron chi connectivity index (χ2n) is 4.16. The highest BCUT2D eigenvalue weighted by atomic mass is 32.2. The van der Waals surface area contributed by atoms with Crippen molar-refractivity contribution in [3.05, 3.63) is 0 Å². The van der Waals surface area contributed by atoms with Crippen LogP contribution in [-0.4, -0.2) is 22.4 Å². The Morgan fingerprint density at radius 2 is 2.47 bits per heavy atom. The predicted molar refractivity (Wildman–Crippen MR) is 65.8 cm³/mol. The van der Waals surface area contributed by atoms with Crippen LogP contribution in [0.2, 0.25) is 0 Å². The Kier molecular flexibility index (Phi) is 4.53. The van der Waals surface area contributed by atoms with E-state index in [4.69, 9.17) is 6.42 Å². The number of rotatable bonds is 4. The highest BCUT2D eigenvalue weighted by molar-refractivity contribution is 8.01. The van der Waals surface area contributed by atoms with E-state index in [1.165, 1.54) is 0 Å². The second-order valence-corrected chi connectivity index (χ2v) is 5.76. The van der Waals surface area contributed by atoms with Crippen LogP contribution in [-0.2, 0) is 4.79 Å². The van der Waals surface area contributed by atoms with Crippen molar-refractivity contribution in [2.24, 2.45) is 0 Å². The summed E-state index contributed by atoms with van der Waals surface area (Å²) in [5, 5.41) is 2.95. The Balaban J connectivity index is 2.50. The van der Waals surface area contributed by atoms with E-state index in [1.54, 1.807) is 11.8 Å². The Labute approximate surface area is 96.6 Å². The topological polar surface area (TPSA) is 29.1 Å².